The van der Waals surface area contributed by atoms with Crippen LogP contribution in [-0.2, 0) is 0 Å². The van der Waals surface area contributed by atoms with Crippen molar-refractivity contribution < 1.29 is 5.48 Å². The normalized spacial score (nSPS) is 12.4. The van der Waals surface area contributed by atoms with E-state index in [2.05, 4.69) is 143 Å². The van der Waals surface area contributed by atoms with Crippen molar-refractivity contribution in [3.63, 3.8) is 0 Å². The van der Waals surface area contributed by atoms with Gasteiger partial charge in [0, 0.05) is 50.3 Å². The van der Waals surface area contributed by atoms with Crippen molar-refractivity contribution in [2.45, 2.75) is 0 Å². The zero-order chi connectivity index (χ0) is 45.2. The maximum Gasteiger partial charge on any atom is 0.0645 e. The van der Waals surface area contributed by atoms with Crippen molar-refractivity contribution >= 4 is 88.2 Å². The zero-order valence-electron chi connectivity index (χ0n) is 38.2. The Balaban J connectivity index is 0.983. The number of aromatic nitrogens is 1. The van der Waals surface area contributed by atoms with Gasteiger partial charge in [0.2, 0.25) is 0 Å². The van der Waals surface area contributed by atoms with Crippen LogP contribution in [0.4, 0.5) is 34.1 Å². The van der Waals surface area contributed by atoms with E-state index in [1.807, 2.05) is 95.9 Å². The van der Waals surface area contributed by atoms with E-state index in [9.17, 15) is 5.48 Å². The van der Waals surface area contributed by atoms with Crippen molar-refractivity contribution in [1.29, 1.82) is 0 Å². The molecule has 3 heteroatoms. The van der Waals surface area contributed by atoms with Gasteiger partial charge in [0.1, 0.15) is 0 Å². The Labute approximate surface area is 372 Å². The van der Waals surface area contributed by atoms with Gasteiger partial charge in [-0.25, -0.2) is 0 Å². The summed E-state index contributed by atoms with van der Waals surface area (Å²) in [4.78, 5) is 4.17. The number of fused-ring (bicyclic) bond motifs is 6. The molecule has 0 amide bonds. The molecule has 0 aliphatic rings. The molecule has 3 nitrogen and oxygen atoms in total. The van der Waals surface area contributed by atoms with Crippen LogP contribution in [-0.4, -0.2) is 4.57 Å². The van der Waals surface area contributed by atoms with Crippen LogP contribution in [0.1, 0.15) is 5.48 Å². The molecule has 0 aliphatic heterocycles. The molecule has 0 unspecified atom stereocenters. The summed E-state index contributed by atoms with van der Waals surface area (Å²) >= 11 is 0. The van der Waals surface area contributed by atoms with Crippen LogP contribution in [0.2, 0.25) is 0 Å². The molecule has 296 valence electrons. The highest BCUT2D eigenvalue weighted by Crippen LogP contribution is 2.43. The van der Waals surface area contributed by atoms with E-state index in [1.165, 1.54) is 5.39 Å². The highest BCUT2D eigenvalue weighted by atomic mass is 15.1. The van der Waals surface area contributed by atoms with Gasteiger partial charge in [-0.2, -0.15) is 0 Å². The summed E-state index contributed by atoms with van der Waals surface area (Å²) in [5, 5.41) is 8.59. The quantitative estimate of drug-likeness (QED) is 0.151. The predicted octanol–water partition coefficient (Wildman–Crippen LogP) is 16.8. The van der Waals surface area contributed by atoms with Crippen LogP contribution in [0.15, 0.2) is 249 Å². The van der Waals surface area contributed by atoms with E-state index in [0.29, 0.717) is 5.56 Å². The molecule has 0 atom stereocenters. The summed E-state index contributed by atoms with van der Waals surface area (Å²) in [5.41, 5.74) is 9.00. The second-order valence-electron chi connectivity index (χ2n) is 15.9. The summed E-state index contributed by atoms with van der Waals surface area (Å²) in [5.74, 6) is 0. The Hall–Kier alpha value is -8.40. The molecule has 0 aliphatic carbocycles. The van der Waals surface area contributed by atoms with Crippen LogP contribution in [0, 0.1) is 0 Å². The standard InChI is InChI=1S/C60H41N3/c1-3-18-49(19-4-1)61(52-34-30-42-14-7-8-16-45(42)39-52)51-32-28-43(29-33-51)46-26-27-48-40-53(35-31-47(48)38-46)62(58-25-13-17-44-15-9-10-22-55(44)58)54-36-37-60-57(41-54)56-23-11-12-24-59(56)63(60)50-20-5-2-6-21-50/h1-41H/i28D,29D,32D,33D. The Kier molecular flexibility index (Phi) is 7.84. The van der Waals surface area contributed by atoms with Crippen LogP contribution in [0.25, 0.3) is 70.9 Å². The lowest BCUT2D eigenvalue weighted by Gasteiger charge is -2.27. The summed E-state index contributed by atoms with van der Waals surface area (Å²) in [6.07, 6.45) is 0. The highest BCUT2D eigenvalue weighted by molar-refractivity contribution is 6.11. The van der Waals surface area contributed by atoms with E-state index in [-0.39, 0.29) is 35.4 Å². The number of anilines is 6. The molecule has 12 rings (SSSR count). The molecular formula is C60H41N3. The topological polar surface area (TPSA) is 11.4 Å². The molecular weight excluding hydrogens is 763 g/mol. The van der Waals surface area contributed by atoms with Crippen LogP contribution >= 0.6 is 0 Å². The third-order valence-electron chi connectivity index (χ3n) is 12.1. The van der Waals surface area contributed by atoms with Crippen LogP contribution in [0.5, 0.6) is 0 Å². The lowest BCUT2D eigenvalue weighted by Crippen LogP contribution is -2.10. The molecule has 0 spiro atoms. The fourth-order valence-electron chi connectivity index (χ4n) is 9.18. The van der Waals surface area contributed by atoms with Crippen molar-refractivity contribution in [2.24, 2.45) is 0 Å². The second kappa shape index (κ2) is 15.3. The maximum absolute atomic E-state index is 9.47. The van der Waals surface area contributed by atoms with Gasteiger partial charge in [-0.3, -0.25) is 0 Å². The fraction of sp³-hybridized carbons (Fsp3) is 0. The third kappa shape index (κ3) is 6.46. The first-order chi connectivity index (χ1) is 32.9. The smallest absolute Gasteiger partial charge is 0.0645 e. The zero-order valence-corrected chi connectivity index (χ0v) is 34.2. The summed E-state index contributed by atoms with van der Waals surface area (Å²) in [6.45, 7) is 0. The second-order valence-corrected chi connectivity index (χ2v) is 15.9. The summed E-state index contributed by atoms with van der Waals surface area (Å²) in [7, 11) is 0. The predicted molar refractivity (Wildman–Crippen MR) is 268 cm³/mol. The Bertz CT molecular complexity index is 3850. The Morgan fingerprint density at radius 1 is 0.302 bits per heavy atom. The highest BCUT2D eigenvalue weighted by Gasteiger charge is 2.20. The number of hydrogen-bond acceptors (Lipinski definition) is 2. The van der Waals surface area contributed by atoms with Gasteiger partial charge in [-0.1, -0.05) is 152 Å². The molecule has 0 bridgehead atoms. The average molecular weight is 808 g/mol. The van der Waals surface area contributed by atoms with Gasteiger partial charge < -0.3 is 14.4 Å². The molecule has 0 saturated carbocycles. The van der Waals surface area contributed by atoms with Gasteiger partial charge in [0.15, 0.2) is 0 Å². The first kappa shape index (κ1) is 32.4. The van der Waals surface area contributed by atoms with Crippen molar-refractivity contribution in [3.8, 4) is 16.8 Å². The van der Waals surface area contributed by atoms with E-state index >= 15 is 0 Å². The van der Waals surface area contributed by atoms with Crippen molar-refractivity contribution in [2.75, 3.05) is 9.80 Å². The number of benzene rings is 11. The molecule has 0 saturated heterocycles. The van der Waals surface area contributed by atoms with Crippen molar-refractivity contribution in [3.05, 3.63) is 249 Å². The largest absolute Gasteiger partial charge is 0.310 e. The van der Waals surface area contributed by atoms with E-state index in [0.717, 1.165) is 82.9 Å². The van der Waals surface area contributed by atoms with Crippen molar-refractivity contribution in [1.82, 2.24) is 4.57 Å². The molecule has 63 heavy (non-hydrogen) atoms. The summed E-state index contributed by atoms with van der Waals surface area (Å²) < 4.78 is 40.2. The third-order valence-corrected chi connectivity index (χ3v) is 12.1. The number of nitrogens with zero attached hydrogens (tertiary/aromatic N) is 3. The van der Waals surface area contributed by atoms with Crippen LogP contribution in [0.3, 0.4) is 0 Å². The molecule has 1 heterocycles. The SMILES string of the molecule is [2H]c1c([2H])c(N(c2ccccc2)c2ccc3ccccc3c2)c([2H])c([2H])c1-c1ccc2cc(N(c3ccc4c(c3)c3ccccc3n4-c3ccccc3)c3cccc4ccccc34)ccc2c1. The number of rotatable bonds is 8. The van der Waals surface area contributed by atoms with Gasteiger partial charge in [0.25, 0.3) is 0 Å². The lowest BCUT2D eigenvalue weighted by molar-refractivity contribution is 1.18. The van der Waals surface area contributed by atoms with E-state index in [4.69, 9.17) is 0 Å². The van der Waals surface area contributed by atoms with E-state index < -0.39 is 0 Å². The van der Waals surface area contributed by atoms with Gasteiger partial charge in [0.05, 0.1) is 22.2 Å². The van der Waals surface area contributed by atoms with Gasteiger partial charge >= 0.3 is 0 Å². The molecule has 1 aromatic heterocycles. The Morgan fingerprint density at radius 3 is 1.67 bits per heavy atom. The Morgan fingerprint density at radius 2 is 0.857 bits per heavy atom. The number of hydrogen-bond donors (Lipinski definition) is 0. The van der Waals surface area contributed by atoms with Gasteiger partial charge in [-0.15, -0.1) is 0 Å². The first-order valence-corrected chi connectivity index (χ1v) is 21.3. The fourth-order valence-corrected chi connectivity index (χ4v) is 9.18. The molecule has 0 N–H and O–H groups in total. The first-order valence-electron chi connectivity index (χ1n) is 23.3. The molecule has 0 radical (unpaired) electrons. The van der Waals surface area contributed by atoms with E-state index in [1.54, 1.807) is 0 Å². The lowest BCUT2D eigenvalue weighted by atomic mass is 9.99. The maximum atomic E-state index is 9.47. The minimum absolute atomic E-state index is 0.0974. The monoisotopic (exact) mass is 807 g/mol. The molecule has 12 aromatic rings. The van der Waals surface area contributed by atoms with Gasteiger partial charge in [-0.05, 0) is 135 Å². The van der Waals surface area contributed by atoms with Crippen LogP contribution < -0.4 is 9.80 Å². The average Bonchev–Trinajstić information content (AvgIpc) is 3.71. The molecule has 11 aromatic carbocycles. The number of para-hydroxylation sites is 3. The minimum atomic E-state index is -0.113. The summed E-state index contributed by atoms with van der Waals surface area (Å²) in [6, 6.07) is 76.4. The molecule has 0 fully saturated rings. The minimum Gasteiger partial charge on any atom is -0.310 e.